The van der Waals surface area contributed by atoms with E-state index in [1.54, 1.807) is 0 Å². The Hall–Kier alpha value is -1.62. The number of nitrogens with zero attached hydrogens (tertiary/aromatic N) is 2. The average Bonchev–Trinajstić information content (AvgIpc) is 3.12. The molecule has 0 amide bonds. The molecular weight excluding hydrogens is 388 g/mol. The molecule has 0 spiro atoms. The highest BCUT2D eigenvalue weighted by Crippen LogP contribution is 2.33. The fraction of sp³-hybridized carbons (Fsp3) is 0.435. The Morgan fingerprint density at radius 1 is 1.00 bits per heavy atom. The van der Waals surface area contributed by atoms with Gasteiger partial charge in [0, 0.05) is 16.0 Å². The Labute approximate surface area is 177 Å². The minimum absolute atomic E-state index is 0.742. The summed E-state index contributed by atoms with van der Waals surface area (Å²) in [6, 6.07) is 14.1. The van der Waals surface area contributed by atoms with E-state index in [-0.39, 0.29) is 0 Å². The van der Waals surface area contributed by atoms with Gasteiger partial charge in [-0.3, -0.25) is 0 Å². The van der Waals surface area contributed by atoms with Crippen LogP contribution in [0, 0.1) is 0 Å². The zero-order chi connectivity index (χ0) is 19.8. The summed E-state index contributed by atoms with van der Waals surface area (Å²) in [7, 11) is 2.21. The lowest BCUT2D eigenvalue weighted by atomic mass is 10.1. The van der Waals surface area contributed by atoms with Gasteiger partial charge in [0.1, 0.15) is 5.75 Å². The molecule has 1 aromatic heterocycles. The van der Waals surface area contributed by atoms with Crippen molar-refractivity contribution in [3.63, 3.8) is 0 Å². The fourth-order valence-electron chi connectivity index (χ4n) is 3.24. The van der Waals surface area contributed by atoms with Gasteiger partial charge in [-0.05, 0) is 81.3 Å². The second kappa shape index (κ2) is 10.8. The van der Waals surface area contributed by atoms with Crippen LogP contribution in [0.1, 0.15) is 39.0 Å². The van der Waals surface area contributed by atoms with Gasteiger partial charge in [0.25, 0.3) is 0 Å². The van der Waals surface area contributed by atoms with Crippen LogP contribution in [0.25, 0.3) is 21.3 Å². The van der Waals surface area contributed by atoms with Gasteiger partial charge in [-0.1, -0.05) is 43.5 Å². The summed E-state index contributed by atoms with van der Waals surface area (Å²) in [5, 5.41) is 1.90. The van der Waals surface area contributed by atoms with Crippen molar-refractivity contribution in [2.24, 2.45) is 0 Å². The molecule has 1 heterocycles. The van der Waals surface area contributed by atoms with Crippen LogP contribution in [-0.2, 0) is 0 Å². The number of unbranched alkanes of at least 4 members (excludes halogenated alkanes) is 3. The van der Waals surface area contributed by atoms with Gasteiger partial charge in [0.15, 0.2) is 0 Å². The highest BCUT2D eigenvalue weighted by atomic mass is 35.5. The first-order chi connectivity index (χ1) is 13.7. The quantitative estimate of drug-likeness (QED) is 0.318. The third-order valence-corrected chi connectivity index (χ3v) is 5.97. The Kier molecular flexibility index (Phi) is 8.13. The normalized spacial score (nSPS) is 11.4. The molecule has 3 rings (SSSR count). The van der Waals surface area contributed by atoms with E-state index in [2.05, 4.69) is 35.4 Å². The summed E-state index contributed by atoms with van der Waals surface area (Å²) in [6.45, 7) is 5.36. The van der Waals surface area contributed by atoms with Crippen molar-refractivity contribution in [2.75, 3.05) is 26.7 Å². The highest BCUT2D eigenvalue weighted by molar-refractivity contribution is 7.13. The van der Waals surface area contributed by atoms with E-state index in [1.165, 1.54) is 43.8 Å². The van der Waals surface area contributed by atoms with Crippen molar-refractivity contribution in [1.82, 2.24) is 9.27 Å². The van der Waals surface area contributed by atoms with Gasteiger partial charge in [0.05, 0.1) is 17.0 Å². The third-order valence-electron chi connectivity index (χ3n) is 4.91. The molecular formula is C23H29ClN2OS. The van der Waals surface area contributed by atoms with Crippen LogP contribution in [0.5, 0.6) is 5.75 Å². The molecule has 0 aliphatic rings. The molecule has 0 bridgehead atoms. The lowest BCUT2D eigenvalue weighted by Crippen LogP contribution is -2.21. The van der Waals surface area contributed by atoms with Gasteiger partial charge in [-0.2, -0.15) is 4.37 Å². The van der Waals surface area contributed by atoms with Crippen LogP contribution in [0.4, 0.5) is 0 Å². The predicted octanol–water partition coefficient (Wildman–Crippen LogP) is 6.90. The fourth-order valence-corrected chi connectivity index (χ4v) is 4.19. The SMILES string of the molecule is CCCCCN(C)CCCCOc1ccc2c(-c3ccc(Cl)cc3)nsc2c1. The molecule has 0 N–H and O–H groups in total. The average molecular weight is 417 g/mol. The Bertz CT molecular complexity index is 863. The molecule has 3 nitrogen and oxygen atoms in total. The highest BCUT2D eigenvalue weighted by Gasteiger charge is 2.09. The Balaban J connectivity index is 1.48. The van der Waals surface area contributed by atoms with Gasteiger partial charge in [-0.15, -0.1) is 0 Å². The number of halogens is 1. The van der Waals surface area contributed by atoms with Crippen LogP contribution in [0.15, 0.2) is 42.5 Å². The van der Waals surface area contributed by atoms with E-state index in [1.807, 2.05) is 30.3 Å². The second-order valence-electron chi connectivity index (χ2n) is 7.26. The standard InChI is InChI=1S/C23H29ClN2OS/c1-3-4-5-14-26(2)15-6-7-16-27-20-12-13-21-22(17-20)28-25-23(21)18-8-10-19(24)11-9-18/h8-13,17H,3-7,14-16H2,1-2H3. The summed E-state index contributed by atoms with van der Waals surface area (Å²) in [4.78, 5) is 2.43. The Morgan fingerprint density at radius 2 is 1.75 bits per heavy atom. The topological polar surface area (TPSA) is 25.4 Å². The molecule has 150 valence electrons. The molecule has 0 radical (unpaired) electrons. The minimum Gasteiger partial charge on any atom is -0.494 e. The summed E-state index contributed by atoms with van der Waals surface area (Å²) in [5.74, 6) is 0.926. The molecule has 0 fully saturated rings. The molecule has 0 aliphatic heterocycles. The van der Waals surface area contributed by atoms with E-state index in [0.717, 1.165) is 51.7 Å². The van der Waals surface area contributed by atoms with Crippen LogP contribution >= 0.6 is 23.1 Å². The van der Waals surface area contributed by atoms with E-state index >= 15 is 0 Å². The monoisotopic (exact) mass is 416 g/mol. The van der Waals surface area contributed by atoms with E-state index < -0.39 is 0 Å². The first-order valence-corrected chi connectivity index (χ1v) is 11.3. The van der Waals surface area contributed by atoms with E-state index in [9.17, 15) is 0 Å². The number of ether oxygens (including phenoxy) is 1. The first-order valence-electron chi connectivity index (χ1n) is 10.1. The maximum Gasteiger partial charge on any atom is 0.120 e. The van der Waals surface area contributed by atoms with Gasteiger partial charge in [0.2, 0.25) is 0 Å². The maximum atomic E-state index is 5.99. The lowest BCUT2D eigenvalue weighted by Gasteiger charge is -2.16. The van der Waals surface area contributed by atoms with Gasteiger partial charge < -0.3 is 9.64 Å². The van der Waals surface area contributed by atoms with Crippen LogP contribution in [0.2, 0.25) is 5.02 Å². The third kappa shape index (κ3) is 5.94. The first kappa shape index (κ1) is 21.1. The number of rotatable bonds is 11. The van der Waals surface area contributed by atoms with Crippen molar-refractivity contribution < 1.29 is 4.74 Å². The van der Waals surface area contributed by atoms with Crippen LogP contribution < -0.4 is 4.74 Å². The minimum atomic E-state index is 0.742. The molecule has 0 saturated carbocycles. The number of fused-ring (bicyclic) bond motifs is 1. The summed E-state index contributed by atoms with van der Waals surface area (Å²) in [6.07, 6.45) is 6.16. The molecule has 28 heavy (non-hydrogen) atoms. The summed E-state index contributed by atoms with van der Waals surface area (Å²) in [5.41, 5.74) is 2.10. The summed E-state index contributed by atoms with van der Waals surface area (Å²) < 4.78 is 11.8. The predicted molar refractivity (Wildman–Crippen MR) is 122 cm³/mol. The van der Waals surface area contributed by atoms with Crippen molar-refractivity contribution in [3.05, 3.63) is 47.5 Å². The smallest absolute Gasteiger partial charge is 0.120 e. The van der Waals surface area contributed by atoms with Crippen molar-refractivity contribution >= 4 is 33.2 Å². The number of aromatic nitrogens is 1. The molecule has 2 aromatic carbocycles. The maximum absolute atomic E-state index is 5.99. The largest absolute Gasteiger partial charge is 0.494 e. The van der Waals surface area contributed by atoms with Crippen LogP contribution in [0.3, 0.4) is 0 Å². The van der Waals surface area contributed by atoms with Crippen molar-refractivity contribution in [2.45, 2.75) is 39.0 Å². The number of hydrogen-bond donors (Lipinski definition) is 0. The Morgan fingerprint density at radius 3 is 2.50 bits per heavy atom. The van der Waals surface area contributed by atoms with Crippen molar-refractivity contribution in [3.8, 4) is 17.0 Å². The van der Waals surface area contributed by atoms with Gasteiger partial charge in [-0.25, -0.2) is 0 Å². The van der Waals surface area contributed by atoms with Gasteiger partial charge >= 0.3 is 0 Å². The second-order valence-corrected chi connectivity index (χ2v) is 8.50. The zero-order valence-electron chi connectivity index (χ0n) is 16.8. The van der Waals surface area contributed by atoms with E-state index in [0.29, 0.717) is 0 Å². The number of benzene rings is 2. The molecule has 3 aromatic rings. The molecule has 5 heteroatoms. The summed E-state index contributed by atoms with van der Waals surface area (Å²) >= 11 is 7.51. The molecule has 0 saturated heterocycles. The van der Waals surface area contributed by atoms with Crippen molar-refractivity contribution in [1.29, 1.82) is 0 Å². The number of hydrogen-bond acceptors (Lipinski definition) is 4. The molecule has 0 unspecified atom stereocenters. The lowest BCUT2D eigenvalue weighted by molar-refractivity contribution is 0.276. The van der Waals surface area contributed by atoms with E-state index in [4.69, 9.17) is 16.3 Å². The van der Waals surface area contributed by atoms with Crippen LogP contribution in [-0.4, -0.2) is 36.0 Å². The molecule has 0 atom stereocenters. The zero-order valence-corrected chi connectivity index (χ0v) is 18.4. The molecule has 0 aliphatic carbocycles.